The maximum Gasteiger partial charge on any atom is 0.261 e. The second kappa shape index (κ2) is 6.27. The summed E-state index contributed by atoms with van der Waals surface area (Å²) in [5, 5.41) is 13.0. The van der Waals surface area contributed by atoms with Gasteiger partial charge in [0.05, 0.1) is 16.7 Å². The fourth-order valence-corrected chi connectivity index (χ4v) is 3.07. The van der Waals surface area contributed by atoms with Crippen molar-refractivity contribution in [3.63, 3.8) is 0 Å². The van der Waals surface area contributed by atoms with Gasteiger partial charge in [-0.3, -0.25) is 9.36 Å². The van der Waals surface area contributed by atoms with Crippen LogP contribution in [0.2, 0.25) is 0 Å². The summed E-state index contributed by atoms with van der Waals surface area (Å²) in [6.07, 6.45) is 0.968. The van der Waals surface area contributed by atoms with Crippen LogP contribution < -0.4 is 5.56 Å². The minimum absolute atomic E-state index is 0.0405. The Morgan fingerprint density at radius 2 is 2.09 bits per heavy atom. The second-order valence-corrected chi connectivity index (χ2v) is 5.83. The Labute approximate surface area is 131 Å². The number of benzene rings is 1. The van der Waals surface area contributed by atoms with E-state index in [1.54, 1.807) is 22.4 Å². The Morgan fingerprint density at radius 1 is 1.27 bits per heavy atom. The van der Waals surface area contributed by atoms with Crippen molar-refractivity contribution in [3.05, 3.63) is 40.4 Å². The van der Waals surface area contributed by atoms with Crippen molar-refractivity contribution in [2.24, 2.45) is 7.05 Å². The van der Waals surface area contributed by atoms with Gasteiger partial charge in [0.15, 0.2) is 11.0 Å². The van der Waals surface area contributed by atoms with E-state index in [1.807, 2.05) is 18.2 Å². The molecule has 0 aliphatic rings. The summed E-state index contributed by atoms with van der Waals surface area (Å²) in [4.78, 5) is 16.9. The van der Waals surface area contributed by atoms with Crippen LogP contribution in [0, 0.1) is 0 Å². The van der Waals surface area contributed by atoms with Crippen LogP contribution in [0.4, 0.5) is 0 Å². The van der Waals surface area contributed by atoms with Crippen LogP contribution in [-0.4, -0.2) is 29.8 Å². The van der Waals surface area contributed by atoms with Gasteiger partial charge in [0.25, 0.3) is 5.56 Å². The average Bonchev–Trinajstić information content (AvgIpc) is 2.97. The van der Waals surface area contributed by atoms with Crippen LogP contribution in [0.5, 0.6) is 0 Å². The summed E-state index contributed by atoms with van der Waals surface area (Å²) >= 11 is 1.46. The van der Waals surface area contributed by atoms with Gasteiger partial charge in [0, 0.05) is 13.6 Å². The van der Waals surface area contributed by atoms with Crippen molar-refractivity contribution in [1.29, 1.82) is 0 Å². The number of para-hydroxylation sites is 1. The first-order valence-electron chi connectivity index (χ1n) is 7.04. The number of rotatable bonds is 5. The van der Waals surface area contributed by atoms with E-state index in [-0.39, 0.29) is 5.56 Å². The van der Waals surface area contributed by atoms with Crippen LogP contribution >= 0.6 is 11.8 Å². The van der Waals surface area contributed by atoms with Crippen LogP contribution in [0.25, 0.3) is 10.9 Å². The molecule has 0 atom stereocenters. The van der Waals surface area contributed by atoms with E-state index in [0.29, 0.717) is 21.8 Å². The molecule has 114 valence electrons. The van der Waals surface area contributed by atoms with Crippen molar-refractivity contribution in [1.82, 2.24) is 29.8 Å². The largest absolute Gasteiger partial charge is 0.290 e. The van der Waals surface area contributed by atoms with Crippen molar-refractivity contribution in [3.8, 4) is 0 Å². The number of hydrogen-bond acceptors (Lipinski definition) is 6. The Bertz CT molecular complexity index is 856. The van der Waals surface area contributed by atoms with E-state index in [2.05, 4.69) is 27.4 Å². The number of aromatic nitrogens is 6. The Morgan fingerprint density at radius 3 is 2.91 bits per heavy atom. The zero-order chi connectivity index (χ0) is 15.5. The van der Waals surface area contributed by atoms with E-state index in [9.17, 15) is 4.79 Å². The lowest BCUT2D eigenvalue weighted by Gasteiger charge is -2.08. The quantitative estimate of drug-likeness (QED) is 0.526. The highest BCUT2D eigenvalue weighted by molar-refractivity contribution is 7.98. The number of thioether (sulfide) groups is 1. The monoisotopic (exact) mass is 316 g/mol. The minimum Gasteiger partial charge on any atom is -0.290 e. The van der Waals surface area contributed by atoms with E-state index < -0.39 is 0 Å². The molecule has 0 aliphatic heterocycles. The number of hydrogen-bond donors (Lipinski definition) is 0. The number of tetrazole rings is 1. The summed E-state index contributed by atoms with van der Waals surface area (Å²) in [6, 6.07) is 7.37. The lowest BCUT2D eigenvalue weighted by atomic mass is 10.2. The molecule has 1 aromatic carbocycles. The second-order valence-electron chi connectivity index (χ2n) is 4.88. The van der Waals surface area contributed by atoms with Gasteiger partial charge in [-0.1, -0.05) is 30.8 Å². The highest BCUT2D eigenvalue weighted by atomic mass is 32.2. The first kappa shape index (κ1) is 14.7. The summed E-state index contributed by atoms with van der Waals surface area (Å²) in [5.74, 6) is 1.36. The van der Waals surface area contributed by atoms with Gasteiger partial charge in [-0.2, -0.15) is 0 Å². The molecule has 0 saturated carbocycles. The Kier molecular flexibility index (Phi) is 4.19. The molecule has 0 unspecified atom stereocenters. The topological polar surface area (TPSA) is 78.5 Å². The lowest BCUT2D eigenvalue weighted by Crippen LogP contribution is -2.20. The summed E-state index contributed by atoms with van der Waals surface area (Å²) in [6.45, 7) is 2.86. The molecule has 3 rings (SSSR count). The van der Waals surface area contributed by atoms with Gasteiger partial charge >= 0.3 is 0 Å². The number of nitrogens with zero attached hydrogens (tertiary/aromatic N) is 6. The van der Waals surface area contributed by atoms with Gasteiger partial charge in [-0.15, -0.1) is 5.10 Å². The molecule has 0 aliphatic carbocycles. The van der Waals surface area contributed by atoms with Crippen molar-refractivity contribution in [2.75, 3.05) is 0 Å². The number of fused-ring (bicyclic) bond motifs is 1. The van der Waals surface area contributed by atoms with Gasteiger partial charge in [-0.05, 0) is 29.0 Å². The molecular formula is C14H16N6OS. The van der Waals surface area contributed by atoms with E-state index in [0.717, 1.165) is 18.8 Å². The van der Waals surface area contributed by atoms with Gasteiger partial charge in [0.1, 0.15) is 0 Å². The van der Waals surface area contributed by atoms with Crippen LogP contribution in [-0.2, 0) is 19.3 Å². The van der Waals surface area contributed by atoms with Crippen molar-refractivity contribution < 1.29 is 0 Å². The minimum atomic E-state index is -0.0405. The van der Waals surface area contributed by atoms with Gasteiger partial charge < -0.3 is 0 Å². The summed E-state index contributed by atoms with van der Waals surface area (Å²) in [7, 11) is 1.74. The lowest BCUT2D eigenvalue weighted by molar-refractivity contribution is 0.564. The predicted molar refractivity (Wildman–Crippen MR) is 84.7 cm³/mol. The maximum atomic E-state index is 12.3. The maximum absolute atomic E-state index is 12.3. The first-order chi connectivity index (χ1) is 10.7. The molecule has 3 aromatic rings. The molecule has 0 spiro atoms. The molecule has 0 fully saturated rings. The first-order valence-corrected chi connectivity index (χ1v) is 8.03. The molecule has 0 amide bonds. The smallest absolute Gasteiger partial charge is 0.261 e. The van der Waals surface area contributed by atoms with E-state index in [4.69, 9.17) is 0 Å². The predicted octanol–water partition coefficient (Wildman–Crippen LogP) is 1.62. The molecule has 8 heteroatoms. The average molecular weight is 316 g/mol. The van der Waals surface area contributed by atoms with Crippen molar-refractivity contribution >= 4 is 22.7 Å². The molecular weight excluding hydrogens is 300 g/mol. The standard InChI is InChI=1S/C14H16N6OS/c1-3-8-20-12(16-17-18-20)9-22-14-15-11-7-5-4-6-10(11)13(21)19(14)2/h4-7H,3,8-9H2,1-2H3. The highest BCUT2D eigenvalue weighted by Gasteiger charge is 2.11. The third-order valence-corrected chi connectivity index (χ3v) is 4.34. The van der Waals surface area contributed by atoms with Crippen LogP contribution in [0.3, 0.4) is 0 Å². The van der Waals surface area contributed by atoms with E-state index >= 15 is 0 Å². The molecule has 0 N–H and O–H groups in total. The third kappa shape index (κ3) is 2.74. The van der Waals surface area contributed by atoms with Gasteiger partial charge in [0.2, 0.25) is 0 Å². The zero-order valence-corrected chi connectivity index (χ0v) is 13.2. The molecule has 0 saturated heterocycles. The Hall–Kier alpha value is -2.22. The fourth-order valence-electron chi connectivity index (χ4n) is 2.17. The molecule has 0 radical (unpaired) electrons. The van der Waals surface area contributed by atoms with Crippen molar-refractivity contribution in [2.45, 2.75) is 30.8 Å². The molecule has 0 bridgehead atoms. The molecule has 22 heavy (non-hydrogen) atoms. The zero-order valence-electron chi connectivity index (χ0n) is 12.4. The Balaban J connectivity index is 1.89. The molecule has 2 aromatic heterocycles. The number of aryl methyl sites for hydroxylation is 1. The van der Waals surface area contributed by atoms with Gasteiger partial charge in [-0.25, -0.2) is 9.67 Å². The summed E-state index contributed by atoms with van der Waals surface area (Å²) in [5.41, 5.74) is 0.669. The third-order valence-electron chi connectivity index (χ3n) is 3.31. The highest BCUT2D eigenvalue weighted by Crippen LogP contribution is 2.20. The molecule has 7 nitrogen and oxygen atoms in total. The SMILES string of the molecule is CCCn1nnnc1CSc1nc2ccccc2c(=O)n1C. The van der Waals surface area contributed by atoms with Crippen LogP contribution in [0.15, 0.2) is 34.2 Å². The van der Waals surface area contributed by atoms with E-state index in [1.165, 1.54) is 11.8 Å². The summed E-state index contributed by atoms with van der Waals surface area (Å²) < 4.78 is 3.35. The fraction of sp³-hybridized carbons (Fsp3) is 0.357. The van der Waals surface area contributed by atoms with Crippen LogP contribution in [0.1, 0.15) is 19.2 Å². The normalized spacial score (nSPS) is 11.2. The molecule has 2 heterocycles.